The highest BCUT2D eigenvalue weighted by atomic mass is 16.6. The molecule has 0 radical (unpaired) electrons. The summed E-state index contributed by atoms with van der Waals surface area (Å²) in [6.45, 7) is 0.383. The molecular weight excluding hydrogens is 336 g/mol. The first-order valence-corrected chi connectivity index (χ1v) is 8.31. The van der Waals surface area contributed by atoms with Crippen LogP contribution in [-0.4, -0.2) is 50.6 Å². The van der Waals surface area contributed by atoms with E-state index in [-0.39, 0.29) is 13.2 Å². The molecule has 0 unspecified atom stereocenters. The van der Waals surface area contributed by atoms with E-state index in [1.807, 2.05) is 12.1 Å². The molecule has 0 amide bonds. The van der Waals surface area contributed by atoms with Crippen LogP contribution in [0.4, 0.5) is 0 Å². The number of hydrogen-bond donors (Lipinski definition) is 0. The van der Waals surface area contributed by atoms with Gasteiger partial charge in [0.15, 0.2) is 12.2 Å². The lowest BCUT2D eigenvalue weighted by Crippen LogP contribution is -2.52. The highest BCUT2D eigenvalue weighted by Crippen LogP contribution is 2.21. The molecule has 6 heteroatoms. The smallest absolute Gasteiger partial charge is 0.338 e. The monoisotopic (exact) mass is 356 g/mol. The molecule has 1 heterocycles. The molecule has 1 fully saturated rings. The lowest BCUT2D eigenvalue weighted by Gasteiger charge is -2.35. The van der Waals surface area contributed by atoms with Gasteiger partial charge in [-0.05, 0) is 24.3 Å². The average Bonchev–Trinajstić information content (AvgIpc) is 2.70. The SMILES string of the molecule is CO[C@H]1COC[C@@H](OC(=O)c2ccccc2)[C@H]1OC(=O)c1ccccc1. The third kappa shape index (κ3) is 4.28. The minimum Gasteiger partial charge on any atom is -0.452 e. The fraction of sp³-hybridized carbons (Fsp3) is 0.300. The average molecular weight is 356 g/mol. The molecule has 2 aromatic carbocycles. The summed E-state index contributed by atoms with van der Waals surface area (Å²) < 4.78 is 22.0. The Morgan fingerprint density at radius 3 is 1.85 bits per heavy atom. The van der Waals surface area contributed by atoms with Gasteiger partial charge < -0.3 is 18.9 Å². The molecule has 136 valence electrons. The predicted molar refractivity (Wildman–Crippen MR) is 92.9 cm³/mol. The van der Waals surface area contributed by atoms with Crippen LogP contribution in [0.2, 0.25) is 0 Å². The molecule has 2 aromatic rings. The molecule has 0 aromatic heterocycles. The van der Waals surface area contributed by atoms with Crippen molar-refractivity contribution in [1.82, 2.24) is 0 Å². The first-order chi connectivity index (χ1) is 12.7. The van der Waals surface area contributed by atoms with Gasteiger partial charge in [0, 0.05) is 7.11 Å². The van der Waals surface area contributed by atoms with Gasteiger partial charge in [-0.1, -0.05) is 36.4 Å². The molecule has 3 atom stereocenters. The van der Waals surface area contributed by atoms with Gasteiger partial charge in [-0.15, -0.1) is 0 Å². The van der Waals surface area contributed by atoms with Gasteiger partial charge in [0.1, 0.15) is 6.10 Å². The summed E-state index contributed by atoms with van der Waals surface area (Å²) in [6, 6.07) is 17.3. The Balaban J connectivity index is 1.74. The van der Waals surface area contributed by atoms with Crippen LogP contribution in [0.3, 0.4) is 0 Å². The molecule has 1 aliphatic rings. The number of rotatable bonds is 5. The van der Waals surface area contributed by atoms with E-state index >= 15 is 0 Å². The molecule has 0 aliphatic carbocycles. The summed E-state index contributed by atoms with van der Waals surface area (Å²) in [5.41, 5.74) is 0.835. The second-order valence-electron chi connectivity index (χ2n) is 5.86. The molecule has 0 spiro atoms. The summed E-state index contributed by atoms with van der Waals surface area (Å²) >= 11 is 0. The van der Waals surface area contributed by atoms with Crippen molar-refractivity contribution < 1.29 is 28.5 Å². The maximum absolute atomic E-state index is 12.4. The molecule has 6 nitrogen and oxygen atoms in total. The number of benzene rings is 2. The van der Waals surface area contributed by atoms with Crippen LogP contribution in [0.15, 0.2) is 60.7 Å². The van der Waals surface area contributed by atoms with E-state index < -0.39 is 30.3 Å². The van der Waals surface area contributed by atoms with Gasteiger partial charge in [0.05, 0.1) is 24.3 Å². The molecule has 3 rings (SSSR count). The molecule has 0 saturated carbocycles. The van der Waals surface area contributed by atoms with Crippen LogP contribution >= 0.6 is 0 Å². The zero-order valence-corrected chi connectivity index (χ0v) is 14.4. The number of carbonyl (C=O) groups is 2. The lowest BCUT2D eigenvalue weighted by atomic mass is 10.1. The minimum atomic E-state index is -0.755. The normalized spacial score (nSPS) is 22.4. The van der Waals surface area contributed by atoms with Crippen LogP contribution in [-0.2, 0) is 18.9 Å². The lowest BCUT2D eigenvalue weighted by molar-refractivity contribution is -0.164. The third-order valence-electron chi connectivity index (χ3n) is 4.12. The zero-order valence-electron chi connectivity index (χ0n) is 14.4. The molecule has 1 aliphatic heterocycles. The first-order valence-electron chi connectivity index (χ1n) is 8.31. The summed E-state index contributed by atoms with van der Waals surface area (Å²) in [6.07, 6.45) is -2.03. The molecular formula is C20H20O6. The van der Waals surface area contributed by atoms with E-state index in [1.165, 1.54) is 7.11 Å². The second-order valence-corrected chi connectivity index (χ2v) is 5.86. The predicted octanol–water partition coefficient (Wildman–Crippen LogP) is 2.48. The summed E-state index contributed by atoms with van der Waals surface area (Å²) in [5.74, 6) is -1.00. The zero-order chi connectivity index (χ0) is 18.4. The minimum absolute atomic E-state index is 0.130. The van der Waals surface area contributed by atoms with Gasteiger partial charge in [-0.2, -0.15) is 0 Å². The summed E-state index contributed by atoms with van der Waals surface area (Å²) in [4.78, 5) is 24.8. The molecule has 0 bridgehead atoms. The van der Waals surface area contributed by atoms with Crippen molar-refractivity contribution >= 4 is 11.9 Å². The number of ether oxygens (including phenoxy) is 4. The Bertz CT molecular complexity index is 730. The van der Waals surface area contributed by atoms with Crippen LogP contribution in [0, 0.1) is 0 Å². The summed E-state index contributed by atoms with van der Waals surface area (Å²) in [5, 5.41) is 0. The van der Waals surface area contributed by atoms with E-state index in [4.69, 9.17) is 18.9 Å². The quantitative estimate of drug-likeness (QED) is 0.767. The van der Waals surface area contributed by atoms with Gasteiger partial charge in [-0.3, -0.25) is 0 Å². The number of methoxy groups -OCH3 is 1. The van der Waals surface area contributed by atoms with E-state index in [0.717, 1.165) is 0 Å². The topological polar surface area (TPSA) is 71.1 Å². The van der Waals surface area contributed by atoms with E-state index in [2.05, 4.69) is 0 Å². The van der Waals surface area contributed by atoms with Crippen LogP contribution in [0.5, 0.6) is 0 Å². The number of carbonyl (C=O) groups excluding carboxylic acids is 2. The highest BCUT2D eigenvalue weighted by Gasteiger charge is 2.40. The van der Waals surface area contributed by atoms with Gasteiger partial charge >= 0.3 is 11.9 Å². The largest absolute Gasteiger partial charge is 0.452 e. The fourth-order valence-electron chi connectivity index (χ4n) is 2.73. The van der Waals surface area contributed by atoms with Crippen molar-refractivity contribution in [2.45, 2.75) is 18.3 Å². The maximum atomic E-state index is 12.4. The Morgan fingerprint density at radius 2 is 1.31 bits per heavy atom. The maximum Gasteiger partial charge on any atom is 0.338 e. The van der Waals surface area contributed by atoms with Crippen molar-refractivity contribution in [3.8, 4) is 0 Å². The van der Waals surface area contributed by atoms with Crippen molar-refractivity contribution in [3.05, 3.63) is 71.8 Å². The molecule has 0 N–H and O–H groups in total. The van der Waals surface area contributed by atoms with Crippen molar-refractivity contribution in [3.63, 3.8) is 0 Å². The number of esters is 2. The molecule has 26 heavy (non-hydrogen) atoms. The van der Waals surface area contributed by atoms with Crippen LogP contribution in [0.25, 0.3) is 0 Å². The Kier molecular flexibility index (Phi) is 5.99. The van der Waals surface area contributed by atoms with Gasteiger partial charge in [0.25, 0.3) is 0 Å². The fourth-order valence-corrected chi connectivity index (χ4v) is 2.73. The van der Waals surface area contributed by atoms with Crippen LogP contribution in [0.1, 0.15) is 20.7 Å². The highest BCUT2D eigenvalue weighted by molar-refractivity contribution is 5.90. The molecule has 1 saturated heterocycles. The first kappa shape index (κ1) is 18.1. The number of hydrogen-bond acceptors (Lipinski definition) is 6. The van der Waals surface area contributed by atoms with E-state index in [0.29, 0.717) is 11.1 Å². The van der Waals surface area contributed by atoms with Crippen molar-refractivity contribution in [2.24, 2.45) is 0 Å². The Morgan fingerprint density at radius 1 is 0.808 bits per heavy atom. The van der Waals surface area contributed by atoms with E-state index in [1.54, 1.807) is 48.5 Å². The summed E-state index contributed by atoms with van der Waals surface area (Å²) in [7, 11) is 1.50. The second kappa shape index (κ2) is 8.60. The third-order valence-corrected chi connectivity index (χ3v) is 4.12. The van der Waals surface area contributed by atoms with Crippen molar-refractivity contribution in [2.75, 3.05) is 20.3 Å². The van der Waals surface area contributed by atoms with Crippen molar-refractivity contribution in [1.29, 1.82) is 0 Å². The van der Waals surface area contributed by atoms with Gasteiger partial charge in [0.2, 0.25) is 0 Å². The van der Waals surface area contributed by atoms with E-state index in [9.17, 15) is 9.59 Å². The Hall–Kier alpha value is -2.70. The standard InChI is InChI=1S/C20H20O6/c1-23-16-12-24-13-17(25-19(21)14-8-4-2-5-9-14)18(16)26-20(22)15-10-6-3-7-11-15/h2-11,16-18H,12-13H2,1H3/t16-,17+,18-/m0/s1. The van der Waals surface area contributed by atoms with Gasteiger partial charge in [-0.25, -0.2) is 9.59 Å². The van der Waals surface area contributed by atoms with Crippen LogP contribution < -0.4 is 0 Å². The Labute approximate surface area is 151 Å².